The summed E-state index contributed by atoms with van der Waals surface area (Å²) in [4.78, 5) is 25.9. The zero-order valence-corrected chi connectivity index (χ0v) is 16.8. The van der Waals surface area contributed by atoms with Gasteiger partial charge in [0.25, 0.3) is 0 Å². The quantitative estimate of drug-likeness (QED) is 0.798. The van der Waals surface area contributed by atoms with E-state index >= 15 is 0 Å². The topological polar surface area (TPSA) is 80.1 Å². The molecule has 1 N–H and O–H groups in total. The van der Waals surface area contributed by atoms with Gasteiger partial charge < -0.3 is 10.2 Å². The predicted octanol–water partition coefficient (Wildman–Crippen LogP) is 3.03. The smallest absolute Gasteiger partial charge is 0.233 e. The molecule has 27 heavy (non-hydrogen) atoms. The summed E-state index contributed by atoms with van der Waals surface area (Å²) in [6.07, 6.45) is 3.34. The first-order chi connectivity index (χ1) is 13.0. The molecule has 0 aliphatic carbocycles. The fraction of sp³-hybridized carbons (Fsp3) is 0.474. The lowest BCUT2D eigenvalue weighted by molar-refractivity contribution is -0.131. The number of hydrogen-bond acceptors (Lipinski definition) is 5. The summed E-state index contributed by atoms with van der Waals surface area (Å²) in [5, 5.41) is 11.9. The third-order valence-electron chi connectivity index (χ3n) is 4.67. The maximum atomic E-state index is 12.6. The van der Waals surface area contributed by atoms with E-state index in [1.165, 1.54) is 25.1 Å². The molecule has 2 amide bonds. The van der Waals surface area contributed by atoms with Gasteiger partial charge in [0, 0.05) is 25.2 Å². The van der Waals surface area contributed by atoms with Crippen molar-refractivity contribution in [3.63, 3.8) is 0 Å². The van der Waals surface area contributed by atoms with E-state index in [-0.39, 0.29) is 11.8 Å². The summed E-state index contributed by atoms with van der Waals surface area (Å²) in [5.74, 6) is 1.10. The highest BCUT2D eigenvalue weighted by Gasteiger charge is 2.24. The number of carbonyl (C=O) groups is 2. The molecule has 0 saturated carbocycles. The number of nitrogens with zero attached hydrogens (tertiary/aromatic N) is 4. The number of amides is 2. The van der Waals surface area contributed by atoms with Gasteiger partial charge in [0.2, 0.25) is 11.8 Å². The van der Waals surface area contributed by atoms with E-state index in [1.807, 2.05) is 40.7 Å². The summed E-state index contributed by atoms with van der Waals surface area (Å²) in [5.41, 5.74) is 1.56. The lowest BCUT2D eigenvalue weighted by Gasteiger charge is -2.33. The molecule has 2 heterocycles. The minimum atomic E-state index is -0.122. The second kappa shape index (κ2) is 8.56. The van der Waals surface area contributed by atoms with Crippen LogP contribution >= 0.6 is 11.8 Å². The molecule has 0 radical (unpaired) electrons. The lowest BCUT2D eigenvalue weighted by atomic mass is 10.0. The van der Waals surface area contributed by atoms with Gasteiger partial charge >= 0.3 is 0 Å². The number of thioether (sulfide) groups is 1. The number of anilines is 1. The molecular weight excluding hydrogens is 362 g/mol. The molecule has 1 fully saturated rings. The second-order valence-electron chi connectivity index (χ2n) is 6.82. The Hall–Kier alpha value is -2.35. The van der Waals surface area contributed by atoms with Crippen molar-refractivity contribution in [3.8, 4) is 5.69 Å². The van der Waals surface area contributed by atoms with Crippen molar-refractivity contribution >= 4 is 29.3 Å². The molecule has 1 aliphatic heterocycles. The Morgan fingerprint density at radius 2 is 2.11 bits per heavy atom. The number of hydrogen-bond donors (Lipinski definition) is 1. The highest BCUT2D eigenvalue weighted by atomic mass is 32.2. The number of nitrogens with one attached hydrogen (secondary N) is 1. The van der Waals surface area contributed by atoms with E-state index in [4.69, 9.17) is 0 Å². The molecule has 0 spiro atoms. The highest BCUT2D eigenvalue weighted by Crippen LogP contribution is 2.25. The lowest BCUT2D eigenvalue weighted by Crippen LogP contribution is -2.42. The van der Waals surface area contributed by atoms with Crippen LogP contribution in [0.5, 0.6) is 0 Å². The van der Waals surface area contributed by atoms with Crippen molar-refractivity contribution in [2.75, 3.05) is 17.6 Å². The molecule has 1 aromatic heterocycles. The van der Waals surface area contributed by atoms with E-state index in [2.05, 4.69) is 22.4 Å². The van der Waals surface area contributed by atoms with Crippen LogP contribution in [0, 0.1) is 6.92 Å². The Labute approximate surface area is 163 Å². The molecular formula is C19H25N5O2S. The Morgan fingerprint density at radius 1 is 1.30 bits per heavy atom. The number of likely N-dealkylation sites (tertiary alicyclic amines) is 1. The van der Waals surface area contributed by atoms with Crippen molar-refractivity contribution in [1.29, 1.82) is 0 Å². The van der Waals surface area contributed by atoms with E-state index < -0.39 is 0 Å². The van der Waals surface area contributed by atoms with Crippen LogP contribution in [0.2, 0.25) is 0 Å². The van der Waals surface area contributed by atoms with Gasteiger partial charge in [-0.25, -0.2) is 0 Å². The molecule has 0 bridgehead atoms. The molecule has 144 valence electrons. The van der Waals surface area contributed by atoms with Gasteiger partial charge in [0.05, 0.1) is 11.4 Å². The SMILES string of the molecule is CC(=O)Nc1cccc(-n2c(C)nnc2SCC(=O)N2CCCCC2C)c1. The number of aryl methyl sites for hydroxylation is 1. The van der Waals surface area contributed by atoms with Crippen molar-refractivity contribution in [3.05, 3.63) is 30.1 Å². The van der Waals surface area contributed by atoms with E-state index in [0.29, 0.717) is 22.6 Å². The number of carbonyl (C=O) groups excluding carboxylic acids is 2. The fourth-order valence-corrected chi connectivity index (χ4v) is 4.22. The Balaban J connectivity index is 1.75. The normalized spacial score (nSPS) is 17.0. The van der Waals surface area contributed by atoms with Gasteiger partial charge in [-0.3, -0.25) is 14.2 Å². The Kier molecular flexibility index (Phi) is 6.15. The molecule has 1 aliphatic rings. The minimum absolute atomic E-state index is 0.122. The van der Waals surface area contributed by atoms with Crippen molar-refractivity contribution in [2.45, 2.75) is 51.2 Å². The average Bonchev–Trinajstić information content (AvgIpc) is 3.00. The molecule has 8 heteroatoms. The zero-order chi connectivity index (χ0) is 19.4. The standard InChI is InChI=1S/C19H25N5O2S/c1-13-7-4-5-10-23(13)18(26)12-27-19-22-21-14(2)24(19)17-9-6-8-16(11-17)20-15(3)25/h6,8-9,11,13H,4-5,7,10,12H2,1-3H3,(H,20,25). The first-order valence-corrected chi connectivity index (χ1v) is 10.2. The van der Waals surface area contributed by atoms with E-state index in [0.717, 1.165) is 30.9 Å². The maximum absolute atomic E-state index is 12.6. The van der Waals surface area contributed by atoms with Gasteiger partial charge in [-0.2, -0.15) is 0 Å². The van der Waals surface area contributed by atoms with Crippen LogP contribution in [-0.2, 0) is 9.59 Å². The van der Waals surface area contributed by atoms with Crippen LogP contribution in [0.4, 0.5) is 5.69 Å². The molecule has 1 aromatic carbocycles. The fourth-order valence-electron chi connectivity index (χ4n) is 3.34. The van der Waals surface area contributed by atoms with Crippen LogP contribution < -0.4 is 5.32 Å². The summed E-state index contributed by atoms with van der Waals surface area (Å²) >= 11 is 1.40. The third kappa shape index (κ3) is 4.68. The first kappa shape index (κ1) is 19.4. The van der Waals surface area contributed by atoms with Crippen molar-refractivity contribution in [2.24, 2.45) is 0 Å². The van der Waals surface area contributed by atoms with Crippen molar-refractivity contribution < 1.29 is 9.59 Å². The summed E-state index contributed by atoms with van der Waals surface area (Å²) in [7, 11) is 0. The van der Waals surface area contributed by atoms with Crippen molar-refractivity contribution in [1.82, 2.24) is 19.7 Å². The third-order valence-corrected chi connectivity index (χ3v) is 5.58. The number of piperidine rings is 1. The van der Waals surface area contributed by atoms with Crippen LogP contribution in [0.25, 0.3) is 5.69 Å². The van der Waals surface area contributed by atoms with Crippen LogP contribution in [-0.4, -0.2) is 49.8 Å². The van der Waals surface area contributed by atoms with Gasteiger partial charge in [-0.15, -0.1) is 10.2 Å². The summed E-state index contributed by atoms with van der Waals surface area (Å²) in [6, 6.07) is 7.81. The van der Waals surface area contributed by atoms with Crippen LogP contribution in [0.15, 0.2) is 29.4 Å². The average molecular weight is 388 g/mol. The number of benzene rings is 1. The van der Waals surface area contributed by atoms with Crippen LogP contribution in [0.3, 0.4) is 0 Å². The largest absolute Gasteiger partial charge is 0.339 e. The highest BCUT2D eigenvalue weighted by molar-refractivity contribution is 7.99. The molecule has 7 nitrogen and oxygen atoms in total. The molecule has 3 rings (SSSR count). The monoisotopic (exact) mass is 387 g/mol. The molecule has 1 unspecified atom stereocenters. The molecule has 1 atom stereocenters. The zero-order valence-electron chi connectivity index (χ0n) is 15.9. The number of rotatable bonds is 5. The van der Waals surface area contributed by atoms with E-state index in [9.17, 15) is 9.59 Å². The van der Waals surface area contributed by atoms with Gasteiger partial charge in [0.1, 0.15) is 5.82 Å². The van der Waals surface area contributed by atoms with Gasteiger partial charge in [-0.05, 0) is 51.3 Å². The molecule has 2 aromatic rings. The van der Waals surface area contributed by atoms with E-state index in [1.54, 1.807) is 0 Å². The minimum Gasteiger partial charge on any atom is -0.339 e. The summed E-state index contributed by atoms with van der Waals surface area (Å²) in [6.45, 7) is 6.30. The molecule has 1 saturated heterocycles. The van der Waals surface area contributed by atoms with Gasteiger partial charge in [-0.1, -0.05) is 17.8 Å². The van der Waals surface area contributed by atoms with Gasteiger partial charge in [0.15, 0.2) is 5.16 Å². The Morgan fingerprint density at radius 3 is 2.85 bits per heavy atom. The Bertz CT molecular complexity index is 835. The second-order valence-corrected chi connectivity index (χ2v) is 7.76. The number of aromatic nitrogens is 3. The summed E-state index contributed by atoms with van der Waals surface area (Å²) < 4.78 is 1.91. The maximum Gasteiger partial charge on any atom is 0.233 e. The van der Waals surface area contributed by atoms with Crippen LogP contribution in [0.1, 0.15) is 38.9 Å². The predicted molar refractivity (Wildman–Crippen MR) is 106 cm³/mol. The first-order valence-electron chi connectivity index (χ1n) is 9.18.